The highest BCUT2D eigenvalue weighted by molar-refractivity contribution is 6.62. The van der Waals surface area contributed by atoms with E-state index >= 15 is 0 Å². The van der Waals surface area contributed by atoms with Gasteiger partial charge in [0.1, 0.15) is 0 Å². The molecule has 1 saturated heterocycles. The average molecular weight is 559 g/mol. The second kappa shape index (κ2) is 9.56. The molecule has 0 spiro atoms. The Labute approximate surface area is 254 Å². The fraction of sp³-hybridized carbons (Fsp3) is 0.436. The van der Waals surface area contributed by atoms with Crippen LogP contribution in [-0.2, 0) is 20.1 Å². The summed E-state index contributed by atoms with van der Waals surface area (Å²) in [7, 11) is -0.352. The van der Waals surface area contributed by atoms with E-state index in [2.05, 4.69) is 149 Å². The Morgan fingerprint density at radius 1 is 0.619 bits per heavy atom. The average Bonchev–Trinajstić information content (AvgIpc) is 3.30. The topological polar surface area (TPSA) is 18.5 Å². The van der Waals surface area contributed by atoms with E-state index in [-0.39, 0.29) is 29.2 Å². The molecule has 1 aliphatic carbocycles. The van der Waals surface area contributed by atoms with Gasteiger partial charge < -0.3 is 9.31 Å². The number of hydrogen-bond donors (Lipinski definition) is 0. The highest BCUT2D eigenvalue weighted by atomic mass is 16.7. The second-order valence-corrected chi connectivity index (χ2v) is 15.2. The minimum atomic E-state index is -0.352. The summed E-state index contributed by atoms with van der Waals surface area (Å²) in [4.78, 5) is 0. The van der Waals surface area contributed by atoms with Crippen LogP contribution in [0, 0.1) is 0 Å². The van der Waals surface area contributed by atoms with E-state index < -0.39 is 0 Å². The van der Waals surface area contributed by atoms with Gasteiger partial charge in [0.25, 0.3) is 0 Å². The van der Waals surface area contributed by atoms with Crippen LogP contribution in [-0.4, -0.2) is 18.3 Å². The summed E-state index contributed by atoms with van der Waals surface area (Å²) in [6, 6.07) is 28.0. The molecule has 0 N–H and O–H groups in total. The van der Waals surface area contributed by atoms with Crippen molar-refractivity contribution in [1.29, 1.82) is 0 Å². The van der Waals surface area contributed by atoms with Gasteiger partial charge in [-0.3, -0.25) is 0 Å². The molecule has 3 heteroatoms. The number of fused-ring (bicyclic) bond motifs is 4. The summed E-state index contributed by atoms with van der Waals surface area (Å²) >= 11 is 0. The lowest BCUT2D eigenvalue weighted by Gasteiger charge is -2.34. The van der Waals surface area contributed by atoms with Gasteiger partial charge in [0.2, 0.25) is 0 Å². The van der Waals surface area contributed by atoms with Crippen LogP contribution >= 0.6 is 0 Å². The van der Waals surface area contributed by atoms with Crippen molar-refractivity contribution < 1.29 is 9.31 Å². The third kappa shape index (κ3) is 4.47. The molecule has 0 saturated carbocycles. The van der Waals surface area contributed by atoms with E-state index in [1.165, 1.54) is 49.7 Å². The quantitative estimate of drug-likeness (QED) is 0.227. The van der Waals surface area contributed by atoms with Crippen molar-refractivity contribution >= 4 is 23.4 Å². The molecule has 1 fully saturated rings. The van der Waals surface area contributed by atoms with Gasteiger partial charge in [-0.2, -0.15) is 0 Å². The van der Waals surface area contributed by atoms with E-state index in [1.54, 1.807) is 0 Å². The predicted octanol–water partition coefficient (Wildman–Crippen LogP) is 9.65. The first-order valence-corrected chi connectivity index (χ1v) is 15.7. The zero-order chi connectivity index (χ0) is 30.4. The fourth-order valence-electron chi connectivity index (χ4n) is 6.86. The molecule has 2 aliphatic rings. The third-order valence-corrected chi connectivity index (χ3v) is 11.1. The van der Waals surface area contributed by atoms with E-state index in [1.807, 2.05) is 0 Å². The van der Waals surface area contributed by atoms with Crippen molar-refractivity contribution in [3.63, 3.8) is 0 Å². The van der Waals surface area contributed by atoms with Gasteiger partial charge >= 0.3 is 7.12 Å². The molecule has 1 unspecified atom stereocenters. The SMILES string of the molecule is CC(C)c1ccc2cc(C(C)(C)C(C)c3ccc4c(c3)C(C)(C)c3cc(B5OC(C)(C)C(C)(C)O5)ccc3-4)ccc2c1. The first-order chi connectivity index (χ1) is 19.5. The van der Waals surface area contributed by atoms with Crippen LogP contribution in [0.1, 0.15) is 116 Å². The van der Waals surface area contributed by atoms with Crippen LogP contribution in [0.15, 0.2) is 72.8 Å². The minimum Gasteiger partial charge on any atom is -0.399 e. The molecular formula is C39H47BO2. The van der Waals surface area contributed by atoms with E-state index in [0.29, 0.717) is 11.8 Å². The molecule has 2 nitrogen and oxygen atoms in total. The van der Waals surface area contributed by atoms with Gasteiger partial charge in [0.15, 0.2) is 0 Å². The van der Waals surface area contributed by atoms with Crippen LogP contribution in [0.4, 0.5) is 0 Å². The van der Waals surface area contributed by atoms with Crippen molar-refractivity contribution in [2.75, 3.05) is 0 Å². The zero-order valence-corrected chi connectivity index (χ0v) is 27.5. The van der Waals surface area contributed by atoms with Gasteiger partial charge in [-0.05, 0) is 100 Å². The number of rotatable bonds is 5. The molecule has 0 bridgehead atoms. The Kier molecular flexibility index (Phi) is 6.65. The summed E-state index contributed by atoms with van der Waals surface area (Å²) < 4.78 is 12.8. The molecule has 42 heavy (non-hydrogen) atoms. The molecule has 1 aliphatic heterocycles. The van der Waals surface area contributed by atoms with E-state index in [9.17, 15) is 0 Å². The Balaban J connectivity index is 1.32. The Morgan fingerprint density at radius 3 is 1.81 bits per heavy atom. The lowest BCUT2D eigenvalue weighted by atomic mass is 9.70. The van der Waals surface area contributed by atoms with Gasteiger partial charge in [0, 0.05) is 5.41 Å². The first-order valence-electron chi connectivity index (χ1n) is 15.7. The Morgan fingerprint density at radius 2 is 1.17 bits per heavy atom. The molecule has 218 valence electrons. The highest BCUT2D eigenvalue weighted by Crippen LogP contribution is 2.50. The van der Waals surface area contributed by atoms with Crippen LogP contribution < -0.4 is 5.46 Å². The predicted molar refractivity (Wildman–Crippen MR) is 179 cm³/mol. The highest BCUT2D eigenvalue weighted by Gasteiger charge is 2.52. The first kappa shape index (κ1) is 29.2. The van der Waals surface area contributed by atoms with Crippen LogP contribution in [0.25, 0.3) is 21.9 Å². The van der Waals surface area contributed by atoms with Crippen LogP contribution in [0.5, 0.6) is 0 Å². The maximum Gasteiger partial charge on any atom is 0.494 e. The monoisotopic (exact) mass is 558 g/mol. The number of benzene rings is 4. The van der Waals surface area contributed by atoms with E-state index in [0.717, 1.165) is 5.46 Å². The molecule has 0 amide bonds. The Hall–Kier alpha value is -2.88. The summed E-state index contributed by atoms with van der Waals surface area (Å²) in [5, 5.41) is 2.64. The van der Waals surface area contributed by atoms with Crippen LogP contribution in [0.2, 0.25) is 0 Å². The summed E-state index contributed by atoms with van der Waals surface area (Å²) in [5.41, 5.74) is 9.85. The smallest absolute Gasteiger partial charge is 0.399 e. The number of hydrogen-bond acceptors (Lipinski definition) is 2. The lowest BCUT2D eigenvalue weighted by Crippen LogP contribution is -2.41. The molecule has 4 aromatic rings. The van der Waals surface area contributed by atoms with Gasteiger partial charge in [0.05, 0.1) is 11.2 Å². The van der Waals surface area contributed by atoms with Crippen molar-refractivity contribution in [2.45, 2.75) is 110 Å². The normalized spacial score (nSPS) is 19.3. The van der Waals surface area contributed by atoms with Gasteiger partial charge in [-0.1, -0.05) is 121 Å². The van der Waals surface area contributed by atoms with Crippen molar-refractivity contribution in [3.05, 3.63) is 101 Å². The summed E-state index contributed by atoms with van der Waals surface area (Å²) in [5.74, 6) is 0.881. The molecule has 4 aromatic carbocycles. The molecular weight excluding hydrogens is 511 g/mol. The second-order valence-electron chi connectivity index (χ2n) is 15.2. The molecule has 1 heterocycles. The molecule has 6 rings (SSSR count). The Bertz CT molecular complexity index is 1670. The van der Waals surface area contributed by atoms with Gasteiger partial charge in [-0.15, -0.1) is 0 Å². The minimum absolute atomic E-state index is 0.0291. The maximum atomic E-state index is 6.41. The largest absolute Gasteiger partial charge is 0.494 e. The van der Waals surface area contributed by atoms with Crippen molar-refractivity contribution in [3.8, 4) is 11.1 Å². The van der Waals surface area contributed by atoms with Crippen molar-refractivity contribution in [1.82, 2.24) is 0 Å². The lowest BCUT2D eigenvalue weighted by molar-refractivity contribution is 0.00578. The summed E-state index contributed by atoms with van der Waals surface area (Å²) in [6.07, 6.45) is 0. The van der Waals surface area contributed by atoms with Crippen molar-refractivity contribution in [2.24, 2.45) is 0 Å². The standard InChI is InChI=1S/C39H47BO2/c1-24(2)26-12-13-29-21-30(16-14-28(29)20-26)36(4,5)25(3)27-15-18-32-33-19-17-31(23-35(33)37(6,7)34(32)22-27)40-41-38(8,9)39(10,11)42-40/h12-25H,1-11H3. The maximum absolute atomic E-state index is 6.41. The van der Waals surface area contributed by atoms with E-state index in [4.69, 9.17) is 9.31 Å². The van der Waals surface area contributed by atoms with Crippen LogP contribution in [0.3, 0.4) is 0 Å². The zero-order valence-electron chi connectivity index (χ0n) is 27.5. The fourth-order valence-corrected chi connectivity index (χ4v) is 6.86. The summed E-state index contributed by atoms with van der Waals surface area (Å²) in [6.45, 7) is 24.9. The third-order valence-electron chi connectivity index (χ3n) is 11.1. The van der Waals surface area contributed by atoms with Gasteiger partial charge in [-0.25, -0.2) is 0 Å². The molecule has 0 aromatic heterocycles. The molecule has 1 atom stereocenters. The molecule has 0 radical (unpaired) electrons.